The van der Waals surface area contributed by atoms with Crippen molar-refractivity contribution in [1.82, 2.24) is 4.90 Å². The molecule has 0 aliphatic carbocycles. The van der Waals surface area contributed by atoms with Crippen molar-refractivity contribution in [2.45, 2.75) is 45.6 Å². The number of carboxylic acids is 1. The molecule has 94 valence electrons. The summed E-state index contributed by atoms with van der Waals surface area (Å²) >= 11 is 0. The molecule has 0 spiro atoms. The average Bonchev–Trinajstić information content (AvgIpc) is 2.12. The Bertz CT molecular complexity index is 246. The SMILES string of the molecule is CC(C)(C)N(CC(=O)O)C(=O)CCCCN. The molecule has 0 saturated heterocycles. The maximum atomic E-state index is 11.8. The number of amides is 1. The fourth-order valence-corrected chi connectivity index (χ4v) is 1.39. The molecule has 0 aromatic rings. The van der Waals surface area contributed by atoms with Gasteiger partial charge >= 0.3 is 5.97 Å². The summed E-state index contributed by atoms with van der Waals surface area (Å²) in [5.74, 6) is -1.11. The Hall–Kier alpha value is -1.10. The zero-order valence-corrected chi connectivity index (χ0v) is 10.3. The molecule has 16 heavy (non-hydrogen) atoms. The molecule has 0 aromatic carbocycles. The lowest BCUT2D eigenvalue weighted by atomic mass is 10.0. The van der Waals surface area contributed by atoms with Crippen molar-refractivity contribution >= 4 is 11.9 Å². The number of hydrogen-bond acceptors (Lipinski definition) is 3. The lowest BCUT2D eigenvalue weighted by Gasteiger charge is -2.34. The zero-order valence-electron chi connectivity index (χ0n) is 10.3. The van der Waals surface area contributed by atoms with Crippen molar-refractivity contribution in [1.29, 1.82) is 0 Å². The van der Waals surface area contributed by atoms with Gasteiger partial charge in [-0.05, 0) is 40.2 Å². The van der Waals surface area contributed by atoms with Gasteiger partial charge < -0.3 is 15.7 Å². The normalized spacial score (nSPS) is 11.2. The molecule has 0 fully saturated rings. The quantitative estimate of drug-likeness (QED) is 0.662. The highest BCUT2D eigenvalue weighted by atomic mass is 16.4. The van der Waals surface area contributed by atoms with Gasteiger partial charge in [-0.25, -0.2) is 0 Å². The molecule has 0 radical (unpaired) electrons. The van der Waals surface area contributed by atoms with E-state index in [0.29, 0.717) is 19.4 Å². The number of carbonyl (C=O) groups excluding carboxylic acids is 1. The molecular formula is C11H22N2O3. The van der Waals surface area contributed by atoms with Crippen LogP contribution in [-0.2, 0) is 9.59 Å². The highest BCUT2D eigenvalue weighted by Crippen LogP contribution is 2.15. The van der Waals surface area contributed by atoms with E-state index in [1.54, 1.807) is 0 Å². The van der Waals surface area contributed by atoms with Crippen LogP contribution in [0.1, 0.15) is 40.0 Å². The van der Waals surface area contributed by atoms with Gasteiger partial charge in [0.05, 0.1) is 0 Å². The molecule has 0 bridgehead atoms. The molecule has 0 unspecified atom stereocenters. The summed E-state index contributed by atoms with van der Waals surface area (Å²) in [4.78, 5) is 23.9. The molecule has 5 nitrogen and oxygen atoms in total. The molecule has 0 saturated carbocycles. The van der Waals surface area contributed by atoms with Gasteiger partial charge in [-0.15, -0.1) is 0 Å². The van der Waals surface area contributed by atoms with Crippen molar-refractivity contribution in [3.05, 3.63) is 0 Å². The summed E-state index contributed by atoms with van der Waals surface area (Å²) in [5, 5.41) is 8.75. The van der Waals surface area contributed by atoms with E-state index in [-0.39, 0.29) is 12.5 Å². The smallest absolute Gasteiger partial charge is 0.323 e. The molecule has 3 N–H and O–H groups in total. The van der Waals surface area contributed by atoms with Gasteiger partial charge in [-0.3, -0.25) is 9.59 Å². The van der Waals surface area contributed by atoms with E-state index < -0.39 is 11.5 Å². The fourth-order valence-electron chi connectivity index (χ4n) is 1.39. The first-order valence-electron chi connectivity index (χ1n) is 5.51. The molecule has 0 rings (SSSR count). The van der Waals surface area contributed by atoms with E-state index in [1.165, 1.54) is 4.90 Å². The number of nitrogens with zero attached hydrogens (tertiary/aromatic N) is 1. The second kappa shape index (κ2) is 6.48. The van der Waals surface area contributed by atoms with Crippen LogP contribution in [0, 0.1) is 0 Å². The standard InChI is InChI=1S/C11H22N2O3/c1-11(2,3)13(8-10(15)16)9(14)6-4-5-7-12/h4-8,12H2,1-3H3,(H,15,16). The maximum Gasteiger partial charge on any atom is 0.323 e. The number of unbranched alkanes of at least 4 members (excludes halogenated alkanes) is 1. The van der Waals surface area contributed by atoms with Crippen LogP contribution < -0.4 is 5.73 Å². The molecule has 0 aliphatic heterocycles. The minimum absolute atomic E-state index is 0.122. The first-order valence-corrected chi connectivity index (χ1v) is 5.51. The van der Waals surface area contributed by atoms with Crippen LogP contribution in [0.2, 0.25) is 0 Å². The van der Waals surface area contributed by atoms with Crippen LogP contribution in [0.25, 0.3) is 0 Å². The van der Waals surface area contributed by atoms with Gasteiger partial charge in [-0.1, -0.05) is 0 Å². The fraction of sp³-hybridized carbons (Fsp3) is 0.818. The minimum Gasteiger partial charge on any atom is -0.480 e. The minimum atomic E-state index is -0.984. The van der Waals surface area contributed by atoms with E-state index in [0.717, 1.165) is 6.42 Å². The predicted octanol–water partition coefficient (Wildman–Crippen LogP) is 0.827. The van der Waals surface area contributed by atoms with Crippen LogP contribution in [0.3, 0.4) is 0 Å². The third-order valence-electron chi connectivity index (χ3n) is 2.25. The van der Waals surface area contributed by atoms with Crippen molar-refractivity contribution < 1.29 is 14.7 Å². The van der Waals surface area contributed by atoms with E-state index >= 15 is 0 Å². The van der Waals surface area contributed by atoms with E-state index in [1.807, 2.05) is 20.8 Å². The largest absolute Gasteiger partial charge is 0.480 e. The van der Waals surface area contributed by atoms with Crippen LogP contribution in [0.5, 0.6) is 0 Å². The Labute approximate surface area is 96.6 Å². The number of aliphatic carboxylic acids is 1. The third kappa shape index (κ3) is 5.70. The topological polar surface area (TPSA) is 83.6 Å². The second-order valence-electron chi connectivity index (χ2n) is 4.79. The lowest BCUT2D eigenvalue weighted by molar-refractivity contribution is -0.148. The molecule has 1 amide bonds. The van der Waals surface area contributed by atoms with Gasteiger partial charge in [0.25, 0.3) is 0 Å². The Balaban J connectivity index is 4.39. The second-order valence-corrected chi connectivity index (χ2v) is 4.79. The summed E-state index contributed by atoms with van der Waals surface area (Å²) in [6.45, 7) is 5.80. The van der Waals surface area contributed by atoms with Gasteiger partial charge in [0.15, 0.2) is 0 Å². The molecule has 5 heteroatoms. The highest BCUT2D eigenvalue weighted by molar-refractivity contribution is 5.82. The van der Waals surface area contributed by atoms with Gasteiger partial charge in [0.1, 0.15) is 6.54 Å². The maximum absolute atomic E-state index is 11.8. The number of carbonyl (C=O) groups is 2. The van der Waals surface area contributed by atoms with E-state index in [2.05, 4.69) is 0 Å². The summed E-state index contributed by atoms with van der Waals surface area (Å²) in [6, 6.07) is 0. The molecule has 0 heterocycles. The molecule has 0 aromatic heterocycles. The Morgan fingerprint density at radius 3 is 2.19 bits per heavy atom. The van der Waals surface area contributed by atoms with Crippen molar-refractivity contribution in [2.75, 3.05) is 13.1 Å². The van der Waals surface area contributed by atoms with Crippen LogP contribution in [0.4, 0.5) is 0 Å². The van der Waals surface area contributed by atoms with Crippen molar-refractivity contribution in [3.8, 4) is 0 Å². The Morgan fingerprint density at radius 1 is 1.25 bits per heavy atom. The monoisotopic (exact) mass is 230 g/mol. The van der Waals surface area contributed by atoms with E-state index in [4.69, 9.17) is 10.8 Å². The number of rotatable bonds is 6. The number of hydrogen-bond donors (Lipinski definition) is 2. The predicted molar refractivity (Wildman–Crippen MR) is 62.0 cm³/mol. The molecule has 0 aliphatic rings. The first-order chi connectivity index (χ1) is 7.29. The Morgan fingerprint density at radius 2 is 1.81 bits per heavy atom. The summed E-state index contributed by atoms with van der Waals surface area (Å²) in [5.41, 5.74) is 4.88. The van der Waals surface area contributed by atoms with Crippen LogP contribution in [-0.4, -0.2) is 40.5 Å². The van der Waals surface area contributed by atoms with E-state index in [9.17, 15) is 9.59 Å². The zero-order chi connectivity index (χ0) is 12.8. The van der Waals surface area contributed by atoms with Crippen LogP contribution in [0.15, 0.2) is 0 Å². The highest BCUT2D eigenvalue weighted by Gasteiger charge is 2.27. The van der Waals surface area contributed by atoms with Crippen LogP contribution >= 0.6 is 0 Å². The first kappa shape index (κ1) is 14.9. The summed E-state index contributed by atoms with van der Waals surface area (Å²) < 4.78 is 0. The molecular weight excluding hydrogens is 208 g/mol. The number of carboxylic acid groups (broad SMARTS) is 1. The summed E-state index contributed by atoms with van der Waals surface area (Å²) in [7, 11) is 0. The number of nitrogens with two attached hydrogens (primary N) is 1. The lowest BCUT2D eigenvalue weighted by Crippen LogP contribution is -2.48. The summed E-state index contributed by atoms with van der Waals surface area (Å²) in [6.07, 6.45) is 1.86. The van der Waals surface area contributed by atoms with Gasteiger partial charge in [0.2, 0.25) is 5.91 Å². The molecule has 0 atom stereocenters. The van der Waals surface area contributed by atoms with Crippen molar-refractivity contribution in [3.63, 3.8) is 0 Å². The average molecular weight is 230 g/mol. The van der Waals surface area contributed by atoms with Crippen molar-refractivity contribution in [2.24, 2.45) is 5.73 Å². The Kier molecular flexibility index (Phi) is 6.03. The van der Waals surface area contributed by atoms with Gasteiger partial charge in [0, 0.05) is 12.0 Å². The van der Waals surface area contributed by atoms with Gasteiger partial charge in [-0.2, -0.15) is 0 Å². The third-order valence-corrected chi connectivity index (χ3v) is 2.25.